The number of hydrogen-bond acceptors (Lipinski definition) is 3. The van der Waals surface area contributed by atoms with Crippen LogP contribution in [0.15, 0.2) is 18.3 Å². The van der Waals surface area contributed by atoms with Crippen molar-refractivity contribution < 1.29 is 0 Å². The van der Waals surface area contributed by atoms with Gasteiger partial charge in [-0.05, 0) is 37.8 Å². The van der Waals surface area contributed by atoms with E-state index in [1.807, 2.05) is 0 Å². The molecule has 0 radical (unpaired) electrons. The number of nitrogens with zero attached hydrogens (tertiary/aromatic N) is 2. The van der Waals surface area contributed by atoms with E-state index in [0.717, 1.165) is 6.42 Å². The minimum absolute atomic E-state index is 0.351. The van der Waals surface area contributed by atoms with E-state index in [-0.39, 0.29) is 0 Å². The van der Waals surface area contributed by atoms with E-state index in [1.165, 1.54) is 6.42 Å². The maximum absolute atomic E-state index is 8.92. The predicted molar refractivity (Wildman–Crippen MR) is 66.1 cm³/mol. The van der Waals surface area contributed by atoms with Crippen LogP contribution >= 0.6 is 0 Å². The standard InChI is InChI=1S/C13H19N3/c1-10(2)6-7-11(3)16-13-12(9-14)5-4-8-15-13/h4-5,8,10-11H,6-7H2,1-3H3,(H,15,16). The highest BCUT2D eigenvalue weighted by molar-refractivity contribution is 5.51. The molecule has 0 saturated heterocycles. The Bertz CT molecular complexity index is 366. The summed E-state index contributed by atoms with van der Waals surface area (Å²) < 4.78 is 0. The van der Waals surface area contributed by atoms with Gasteiger partial charge in [0.25, 0.3) is 0 Å². The monoisotopic (exact) mass is 217 g/mol. The average Bonchev–Trinajstić information content (AvgIpc) is 2.27. The minimum Gasteiger partial charge on any atom is -0.367 e. The molecule has 0 aliphatic carbocycles. The number of aromatic nitrogens is 1. The summed E-state index contributed by atoms with van der Waals surface area (Å²) in [6.45, 7) is 6.56. The van der Waals surface area contributed by atoms with E-state index in [4.69, 9.17) is 5.26 Å². The summed E-state index contributed by atoms with van der Waals surface area (Å²) in [6, 6.07) is 6.05. The highest BCUT2D eigenvalue weighted by Crippen LogP contribution is 2.14. The summed E-state index contributed by atoms with van der Waals surface area (Å²) in [7, 11) is 0. The number of rotatable bonds is 5. The Morgan fingerprint density at radius 2 is 2.12 bits per heavy atom. The molecule has 0 aliphatic rings. The normalized spacial score (nSPS) is 12.2. The van der Waals surface area contributed by atoms with Crippen LogP contribution in [0.1, 0.15) is 39.2 Å². The van der Waals surface area contributed by atoms with Gasteiger partial charge >= 0.3 is 0 Å². The summed E-state index contributed by atoms with van der Waals surface area (Å²) in [6.07, 6.45) is 3.99. The average molecular weight is 217 g/mol. The Labute approximate surface area is 97.5 Å². The van der Waals surface area contributed by atoms with E-state index in [1.54, 1.807) is 18.3 Å². The molecule has 0 aromatic carbocycles. The third-order valence-corrected chi connectivity index (χ3v) is 2.49. The second-order valence-electron chi connectivity index (χ2n) is 4.53. The summed E-state index contributed by atoms with van der Waals surface area (Å²) in [5.74, 6) is 1.41. The van der Waals surface area contributed by atoms with E-state index in [2.05, 4.69) is 37.1 Å². The zero-order chi connectivity index (χ0) is 12.0. The van der Waals surface area contributed by atoms with Crippen molar-refractivity contribution in [2.24, 2.45) is 5.92 Å². The number of pyridine rings is 1. The first kappa shape index (κ1) is 12.5. The van der Waals surface area contributed by atoms with Gasteiger partial charge in [-0.2, -0.15) is 5.26 Å². The molecule has 1 heterocycles. The predicted octanol–water partition coefficient (Wildman–Crippen LogP) is 3.19. The SMILES string of the molecule is CC(C)CCC(C)Nc1ncccc1C#N. The molecular weight excluding hydrogens is 198 g/mol. The van der Waals surface area contributed by atoms with E-state index in [0.29, 0.717) is 23.3 Å². The van der Waals surface area contributed by atoms with Gasteiger partial charge in [0.05, 0.1) is 5.56 Å². The Morgan fingerprint density at radius 3 is 2.75 bits per heavy atom. The van der Waals surface area contributed by atoms with Crippen molar-refractivity contribution in [2.75, 3.05) is 5.32 Å². The van der Waals surface area contributed by atoms with Crippen molar-refractivity contribution in [1.82, 2.24) is 4.98 Å². The molecule has 1 aromatic rings. The molecule has 0 amide bonds. The van der Waals surface area contributed by atoms with Crippen molar-refractivity contribution in [1.29, 1.82) is 5.26 Å². The molecule has 0 spiro atoms. The molecule has 3 nitrogen and oxygen atoms in total. The van der Waals surface area contributed by atoms with Gasteiger partial charge < -0.3 is 5.32 Å². The fraction of sp³-hybridized carbons (Fsp3) is 0.538. The zero-order valence-corrected chi connectivity index (χ0v) is 10.2. The van der Waals surface area contributed by atoms with Gasteiger partial charge in [0, 0.05) is 12.2 Å². The second-order valence-corrected chi connectivity index (χ2v) is 4.53. The van der Waals surface area contributed by atoms with Gasteiger partial charge in [-0.25, -0.2) is 4.98 Å². The van der Waals surface area contributed by atoms with E-state index >= 15 is 0 Å². The van der Waals surface area contributed by atoms with Crippen molar-refractivity contribution in [3.63, 3.8) is 0 Å². The first-order chi connectivity index (χ1) is 7.63. The first-order valence-electron chi connectivity index (χ1n) is 5.75. The molecule has 1 aromatic heterocycles. The first-order valence-corrected chi connectivity index (χ1v) is 5.75. The van der Waals surface area contributed by atoms with Crippen LogP contribution in [-0.4, -0.2) is 11.0 Å². The maximum atomic E-state index is 8.92. The Kier molecular flexibility index (Phi) is 4.78. The van der Waals surface area contributed by atoms with Crippen LogP contribution in [0.4, 0.5) is 5.82 Å². The van der Waals surface area contributed by atoms with Gasteiger partial charge in [0.15, 0.2) is 0 Å². The third kappa shape index (κ3) is 3.90. The highest BCUT2D eigenvalue weighted by atomic mass is 15.0. The Hall–Kier alpha value is -1.56. The molecule has 86 valence electrons. The van der Waals surface area contributed by atoms with Gasteiger partial charge in [0.2, 0.25) is 0 Å². The smallest absolute Gasteiger partial charge is 0.144 e. The fourth-order valence-corrected chi connectivity index (χ4v) is 1.50. The summed E-state index contributed by atoms with van der Waals surface area (Å²) in [4.78, 5) is 4.18. The van der Waals surface area contributed by atoms with Crippen LogP contribution in [0.2, 0.25) is 0 Å². The van der Waals surface area contributed by atoms with Gasteiger partial charge in [0.1, 0.15) is 11.9 Å². The van der Waals surface area contributed by atoms with Crippen LogP contribution in [0.25, 0.3) is 0 Å². The molecule has 0 fully saturated rings. The Morgan fingerprint density at radius 1 is 1.38 bits per heavy atom. The lowest BCUT2D eigenvalue weighted by atomic mass is 10.0. The van der Waals surface area contributed by atoms with E-state index in [9.17, 15) is 0 Å². The number of nitriles is 1. The van der Waals surface area contributed by atoms with Gasteiger partial charge in [-0.3, -0.25) is 0 Å². The zero-order valence-electron chi connectivity index (χ0n) is 10.2. The van der Waals surface area contributed by atoms with Crippen molar-refractivity contribution in [3.05, 3.63) is 23.9 Å². The topological polar surface area (TPSA) is 48.7 Å². The summed E-state index contributed by atoms with van der Waals surface area (Å²) in [5, 5.41) is 12.2. The lowest BCUT2D eigenvalue weighted by Crippen LogP contribution is -2.17. The third-order valence-electron chi connectivity index (χ3n) is 2.49. The molecule has 3 heteroatoms. The van der Waals surface area contributed by atoms with Crippen LogP contribution < -0.4 is 5.32 Å². The van der Waals surface area contributed by atoms with Gasteiger partial charge in [-0.1, -0.05) is 13.8 Å². The lowest BCUT2D eigenvalue weighted by molar-refractivity contribution is 0.527. The molecule has 0 aliphatic heterocycles. The van der Waals surface area contributed by atoms with Crippen LogP contribution in [0.5, 0.6) is 0 Å². The van der Waals surface area contributed by atoms with Crippen LogP contribution in [-0.2, 0) is 0 Å². The highest BCUT2D eigenvalue weighted by Gasteiger charge is 2.07. The largest absolute Gasteiger partial charge is 0.367 e. The summed E-state index contributed by atoms with van der Waals surface area (Å²) >= 11 is 0. The van der Waals surface area contributed by atoms with Crippen LogP contribution in [0.3, 0.4) is 0 Å². The lowest BCUT2D eigenvalue weighted by Gasteiger charge is -2.16. The number of hydrogen-bond donors (Lipinski definition) is 1. The Balaban J connectivity index is 2.56. The quantitative estimate of drug-likeness (QED) is 0.824. The second kappa shape index (κ2) is 6.12. The molecular formula is C13H19N3. The van der Waals surface area contributed by atoms with Crippen molar-refractivity contribution >= 4 is 5.82 Å². The van der Waals surface area contributed by atoms with Crippen molar-refractivity contribution in [3.8, 4) is 6.07 Å². The summed E-state index contributed by atoms with van der Waals surface area (Å²) in [5.41, 5.74) is 0.610. The molecule has 1 rings (SSSR count). The molecule has 1 unspecified atom stereocenters. The molecule has 16 heavy (non-hydrogen) atoms. The molecule has 1 atom stereocenters. The maximum Gasteiger partial charge on any atom is 0.144 e. The number of nitrogens with one attached hydrogen (secondary N) is 1. The van der Waals surface area contributed by atoms with Crippen LogP contribution in [0, 0.1) is 17.2 Å². The van der Waals surface area contributed by atoms with Crippen molar-refractivity contribution in [2.45, 2.75) is 39.7 Å². The fourth-order valence-electron chi connectivity index (χ4n) is 1.50. The number of anilines is 1. The van der Waals surface area contributed by atoms with Gasteiger partial charge in [-0.15, -0.1) is 0 Å². The molecule has 0 saturated carbocycles. The molecule has 0 bridgehead atoms. The minimum atomic E-state index is 0.351. The molecule has 1 N–H and O–H groups in total. The van der Waals surface area contributed by atoms with E-state index < -0.39 is 0 Å².